The molecule has 1 aromatic rings. The molecular weight excluding hydrogens is 342 g/mol. The third kappa shape index (κ3) is 8.63. The van der Waals surface area contributed by atoms with Gasteiger partial charge in [-0.15, -0.1) is 0 Å². The Balaban J connectivity index is 1.48. The molecule has 1 aromatic carbocycles. The lowest BCUT2D eigenvalue weighted by Crippen LogP contribution is -2.40. The summed E-state index contributed by atoms with van der Waals surface area (Å²) in [5.74, 6) is 0.871. The Labute approximate surface area is 163 Å². The second-order valence-corrected chi connectivity index (χ2v) is 7.97. The van der Waals surface area contributed by atoms with E-state index >= 15 is 0 Å². The SMILES string of the molecule is CC(C)(C)c1ccc(OCCCNC(=O)NCCCN2CCOCC2)cc1. The molecule has 2 rings (SSSR count). The Bertz CT molecular complexity index is 549. The number of hydrogen-bond acceptors (Lipinski definition) is 4. The van der Waals surface area contributed by atoms with E-state index in [1.165, 1.54) is 5.56 Å². The Morgan fingerprint density at radius 1 is 1.07 bits per heavy atom. The summed E-state index contributed by atoms with van der Waals surface area (Å²) < 4.78 is 11.1. The van der Waals surface area contributed by atoms with E-state index in [1.54, 1.807) is 0 Å². The molecule has 1 aliphatic heterocycles. The molecule has 0 radical (unpaired) electrons. The van der Waals surface area contributed by atoms with Crippen LogP contribution < -0.4 is 15.4 Å². The second-order valence-electron chi connectivity index (χ2n) is 7.97. The predicted octanol–water partition coefficient (Wildman–Crippen LogP) is 2.77. The highest BCUT2D eigenvalue weighted by atomic mass is 16.5. The van der Waals surface area contributed by atoms with Crippen molar-refractivity contribution in [2.24, 2.45) is 0 Å². The monoisotopic (exact) mass is 377 g/mol. The first-order valence-electron chi connectivity index (χ1n) is 10.0. The van der Waals surface area contributed by atoms with Crippen LogP contribution in [0.25, 0.3) is 0 Å². The minimum atomic E-state index is -0.105. The van der Waals surface area contributed by atoms with Crippen LogP contribution in [0.4, 0.5) is 4.79 Å². The number of carbonyl (C=O) groups is 1. The van der Waals surface area contributed by atoms with E-state index in [2.05, 4.69) is 48.4 Å². The van der Waals surface area contributed by atoms with Gasteiger partial charge in [0.15, 0.2) is 0 Å². The van der Waals surface area contributed by atoms with Crippen LogP contribution in [0.15, 0.2) is 24.3 Å². The van der Waals surface area contributed by atoms with Gasteiger partial charge in [0.05, 0.1) is 19.8 Å². The Morgan fingerprint density at radius 3 is 2.33 bits per heavy atom. The first-order chi connectivity index (χ1) is 12.9. The molecule has 0 saturated carbocycles. The van der Waals surface area contributed by atoms with Crippen LogP contribution in [0.5, 0.6) is 5.75 Å². The van der Waals surface area contributed by atoms with Crippen molar-refractivity contribution in [3.8, 4) is 5.75 Å². The molecule has 6 nitrogen and oxygen atoms in total. The number of urea groups is 1. The summed E-state index contributed by atoms with van der Waals surface area (Å²) in [4.78, 5) is 14.1. The fraction of sp³-hybridized carbons (Fsp3) is 0.667. The molecule has 6 heteroatoms. The quantitative estimate of drug-likeness (QED) is 0.650. The molecule has 2 N–H and O–H groups in total. The van der Waals surface area contributed by atoms with Gasteiger partial charge in [-0.05, 0) is 42.5 Å². The number of nitrogens with zero attached hydrogens (tertiary/aromatic N) is 1. The van der Waals surface area contributed by atoms with Crippen molar-refractivity contribution in [2.75, 3.05) is 52.5 Å². The summed E-state index contributed by atoms with van der Waals surface area (Å²) in [7, 11) is 0. The average Bonchev–Trinajstić information content (AvgIpc) is 2.65. The van der Waals surface area contributed by atoms with E-state index in [0.29, 0.717) is 19.7 Å². The lowest BCUT2D eigenvalue weighted by Gasteiger charge is -2.26. The number of benzene rings is 1. The van der Waals surface area contributed by atoms with Gasteiger partial charge in [0.25, 0.3) is 0 Å². The van der Waals surface area contributed by atoms with Crippen LogP contribution in [0.3, 0.4) is 0 Å². The standard InChI is InChI=1S/C21H35N3O3/c1-21(2,3)18-6-8-19(9-7-18)27-15-5-11-23-20(25)22-10-4-12-24-13-16-26-17-14-24/h6-9H,4-5,10-17H2,1-3H3,(H2,22,23,25). The van der Waals surface area contributed by atoms with E-state index in [9.17, 15) is 4.79 Å². The first-order valence-corrected chi connectivity index (χ1v) is 10.0. The fourth-order valence-electron chi connectivity index (χ4n) is 2.91. The van der Waals surface area contributed by atoms with Gasteiger partial charge < -0.3 is 20.1 Å². The largest absolute Gasteiger partial charge is 0.494 e. The van der Waals surface area contributed by atoms with Gasteiger partial charge in [0.1, 0.15) is 5.75 Å². The zero-order valence-electron chi connectivity index (χ0n) is 17.1. The normalized spacial score (nSPS) is 15.4. The summed E-state index contributed by atoms with van der Waals surface area (Å²) in [6.45, 7) is 13.1. The summed E-state index contributed by atoms with van der Waals surface area (Å²) in [5, 5.41) is 5.78. The fourth-order valence-corrected chi connectivity index (χ4v) is 2.91. The highest BCUT2D eigenvalue weighted by Crippen LogP contribution is 2.24. The molecule has 1 aliphatic rings. The molecule has 0 bridgehead atoms. The van der Waals surface area contributed by atoms with E-state index in [1.807, 2.05) is 12.1 Å². The topological polar surface area (TPSA) is 62.8 Å². The molecule has 152 valence electrons. The van der Waals surface area contributed by atoms with Crippen molar-refractivity contribution >= 4 is 6.03 Å². The Hall–Kier alpha value is -1.79. The summed E-state index contributed by atoms with van der Waals surface area (Å²) in [6.07, 6.45) is 1.74. The lowest BCUT2D eigenvalue weighted by molar-refractivity contribution is 0.0375. The van der Waals surface area contributed by atoms with Crippen molar-refractivity contribution in [2.45, 2.75) is 39.0 Å². The molecule has 0 aromatic heterocycles. The second kappa shape index (κ2) is 11.1. The van der Waals surface area contributed by atoms with Crippen molar-refractivity contribution < 1.29 is 14.3 Å². The third-order valence-corrected chi connectivity index (χ3v) is 4.64. The van der Waals surface area contributed by atoms with E-state index in [4.69, 9.17) is 9.47 Å². The van der Waals surface area contributed by atoms with E-state index in [-0.39, 0.29) is 11.4 Å². The van der Waals surface area contributed by atoms with E-state index < -0.39 is 0 Å². The Morgan fingerprint density at radius 2 is 1.70 bits per heavy atom. The predicted molar refractivity (Wildman–Crippen MR) is 109 cm³/mol. The molecule has 0 atom stereocenters. The number of ether oxygens (including phenoxy) is 2. The summed E-state index contributed by atoms with van der Waals surface area (Å²) >= 11 is 0. The molecule has 1 saturated heterocycles. The van der Waals surface area contributed by atoms with Crippen molar-refractivity contribution in [3.05, 3.63) is 29.8 Å². The van der Waals surface area contributed by atoms with Gasteiger partial charge in [-0.1, -0.05) is 32.9 Å². The van der Waals surface area contributed by atoms with Gasteiger partial charge in [-0.3, -0.25) is 4.90 Å². The zero-order chi connectivity index (χ0) is 19.5. The number of amides is 2. The van der Waals surface area contributed by atoms with Crippen molar-refractivity contribution in [1.82, 2.24) is 15.5 Å². The minimum Gasteiger partial charge on any atom is -0.494 e. The first kappa shape index (κ1) is 21.5. The Kier molecular flexibility index (Phi) is 8.88. The molecule has 27 heavy (non-hydrogen) atoms. The average molecular weight is 378 g/mol. The number of rotatable bonds is 9. The van der Waals surface area contributed by atoms with Gasteiger partial charge in [0, 0.05) is 26.2 Å². The van der Waals surface area contributed by atoms with Crippen molar-refractivity contribution in [1.29, 1.82) is 0 Å². The van der Waals surface area contributed by atoms with Crippen LogP contribution in [-0.2, 0) is 10.2 Å². The number of nitrogens with one attached hydrogen (secondary N) is 2. The maximum atomic E-state index is 11.8. The maximum absolute atomic E-state index is 11.8. The third-order valence-electron chi connectivity index (χ3n) is 4.64. The van der Waals surface area contributed by atoms with Gasteiger partial charge in [0.2, 0.25) is 0 Å². The van der Waals surface area contributed by atoms with Gasteiger partial charge in [-0.2, -0.15) is 0 Å². The number of carbonyl (C=O) groups excluding carboxylic acids is 1. The molecule has 1 heterocycles. The molecule has 0 aliphatic carbocycles. The molecule has 0 spiro atoms. The molecule has 2 amide bonds. The van der Waals surface area contributed by atoms with Crippen LogP contribution in [0.2, 0.25) is 0 Å². The number of hydrogen-bond donors (Lipinski definition) is 2. The van der Waals surface area contributed by atoms with Crippen LogP contribution in [-0.4, -0.2) is 63.5 Å². The number of morpholine rings is 1. The van der Waals surface area contributed by atoms with Gasteiger partial charge in [-0.25, -0.2) is 4.79 Å². The van der Waals surface area contributed by atoms with Crippen LogP contribution >= 0.6 is 0 Å². The highest BCUT2D eigenvalue weighted by molar-refractivity contribution is 5.73. The van der Waals surface area contributed by atoms with Crippen LogP contribution in [0.1, 0.15) is 39.2 Å². The van der Waals surface area contributed by atoms with Crippen molar-refractivity contribution in [3.63, 3.8) is 0 Å². The molecular formula is C21H35N3O3. The van der Waals surface area contributed by atoms with E-state index in [0.717, 1.165) is 51.4 Å². The minimum absolute atomic E-state index is 0.105. The molecule has 0 unspecified atom stereocenters. The highest BCUT2D eigenvalue weighted by Gasteiger charge is 2.13. The maximum Gasteiger partial charge on any atom is 0.314 e. The summed E-state index contributed by atoms with van der Waals surface area (Å²) in [5.41, 5.74) is 1.44. The lowest BCUT2D eigenvalue weighted by atomic mass is 9.87. The summed E-state index contributed by atoms with van der Waals surface area (Å²) in [6, 6.07) is 8.13. The smallest absolute Gasteiger partial charge is 0.314 e. The van der Waals surface area contributed by atoms with Gasteiger partial charge >= 0.3 is 6.03 Å². The zero-order valence-corrected chi connectivity index (χ0v) is 17.1. The molecule has 1 fully saturated rings. The van der Waals surface area contributed by atoms with Crippen LogP contribution in [0, 0.1) is 0 Å².